The molecule has 0 atom stereocenters. The molecular weight excluding hydrogens is 276 g/mol. The topological polar surface area (TPSA) is 69.7 Å². The Morgan fingerprint density at radius 3 is 2.18 bits per heavy atom. The maximum absolute atomic E-state index is 9.25. The predicted octanol–water partition coefficient (Wildman–Crippen LogP) is 2.37. The Balaban J connectivity index is 2.47. The van der Waals surface area contributed by atoms with Crippen molar-refractivity contribution < 1.29 is 10.2 Å². The normalized spacial score (nSPS) is 10.5. The van der Waals surface area contributed by atoms with Gasteiger partial charge in [-0.05, 0) is 29.3 Å². The van der Waals surface area contributed by atoms with E-state index >= 15 is 0 Å². The van der Waals surface area contributed by atoms with Crippen LogP contribution in [0.2, 0.25) is 0 Å². The van der Waals surface area contributed by atoms with Crippen LogP contribution < -0.4 is 10.6 Å². The molecule has 2 rings (SSSR count). The SMILES string of the molecule is C=Cc1ccc(-c2cc(N)ccc2N(CCO)CCO)cc1. The molecule has 0 unspecified atom stereocenters. The van der Waals surface area contributed by atoms with E-state index in [1.54, 1.807) is 6.08 Å². The van der Waals surface area contributed by atoms with Gasteiger partial charge in [0.2, 0.25) is 0 Å². The number of aliphatic hydroxyl groups excluding tert-OH is 2. The molecule has 0 fully saturated rings. The Morgan fingerprint density at radius 2 is 1.64 bits per heavy atom. The van der Waals surface area contributed by atoms with Crippen molar-refractivity contribution in [3.05, 3.63) is 54.6 Å². The molecule has 0 aliphatic heterocycles. The number of nitrogens with zero attached hydrogens (tertiary/aromatic N) is 1. The van der Waals surface area contributed by atoms with Gasteiger partial charge < -0.3 is 20.8 Å². The van der Waals surface area contributed by atoms with Crippen LogP contribution in [0.5, 0.6) is 0 Å². The van der Waals surface area contributed by atoms with Gasteiger partial charge in [0.15, 0.2) is 0 Å². The van der Waals surface area contributed by atoms with E-state index in [-0.39, 0.29) is 13.2 Å². The minimum atomic E-state index is 0.0270. The minimum absolute atomic E-state index is 0.0270. The molecule has 0 aliphatic carbocycles. The van der Waals surface area contributed by atoms with Gasteiger partial charge in [-0.3, -0.25) is 0 Å². The van der Waals surface area contributed by atoms with Gasteiger partial charge in [-0.1, -0.05) is 36.9 Å². The van der Waals surface area contributed by atoms with Gasteiger partial charge in [0.05, 0.1) is 13.2 Å². The lowest BCUT2D eigenvalue weighted by molar-refractivity contribution is 0.281. The van der Waals surface area contributed by atoms with Crippen molar-refractivity contribution in [3.63, 3.8) is 0 Å². The van der Waals surface area contributed by atoms with Crippen LogP contribution in [0.3, 0.4) is 0 Å². The minimum Gasteiger partial charge on any atom is -0.399 e. The van der Waals surface area contributed by atoms with Crippen molar-refractivity contribution in [3.8, 4) is 11.1 Å². The number of rotatable bonds is 7. The number of hydrogen-bond donors (Lipinski definition) is 3. The molecule has 0 spiro atoms. The largest absolute Gasteiger partial charge is 0.399 e. The second kappa shape index (κ2) is 7.64. The number of anilines is 2. The maximum Gasteiger partial charge on any atom is 0.0606 e. The Kier molecular flexibility index (Phi) is 5.58. The van der Waals surface area contributed by atoms with Crippen LogP contribution in [-0.2, 0) is 0 Å². The van der Waals surface area contributed by atoms with Gasteiger partial charge in [0.25, 0.3) is 0 Å². The van der Waals surface area contributed by atoms with Gasteiger partial charge in [-0.25, -0.2) is 0 Å². The van der Waals surface area contributed by atoms with E-state index in [4.69, 9.17) is 5.73 Å². The molecule has 4 heteroatoms. The first-order valence-corrected chi connectivity index (χ1v) is 7.28. The highest BCUT2D eigenvalue weighted by atomic mass is 16.3. The summed E-state index contributed by atoms with van der Waals surface area (Å²) in [5, 5.41) is 18.5. The molecule has 0 bridgehead atoms. The van der Waals surface area contributed by atoms with E-state index in [1.165, 1.54) is 0 Å². The lowest BCUT2D eigenvalue weighted by Gasteiger charge is -2.26. The number of nitrogen functional groups attached to an aromatic ring is 1. The summed E-state index contributed by atoms with van der Waals surface area (Å²) in [6.07, 6.45) is 1.80. The lowest BCUT2D eigenvalue weighted by atomic mass is 10.0. The van der Waals surface area contributed by atoms with Crippen LogP contribution in [0, 0.1) is 0 Å². The highest BCUT2D eigenvalue weighted by molar-refractivity contribution is 5.81. The van der Waals surface area contributed by atoms with Gasteiger partial charge in [0, 0.05) is 30.0 Å². The van der Waals surface area contributed by atoms with Crippen LogP contribution in [-0.4, -0.2) is 36.5 Å². The number of nitrogens with two attached hydrogens (primary N) is 1. The molecule has 116 valence electrons. The number of aliphatic hydroxyl groups is 2. The third kappa shape index (κ3) is 3.67. The van der Waals surface area contributed by atoms with Gasteiger partial charge >= 0.3 is 0 Å². The summed E-state index contributed by atoms with van der Waals surface area (Å²) in [6, 6.07) is 13.7. The third-order valence-electron chi connectivity index (χ3n) is 3.56. The molecule has 2 aromatic rings. The van der Waals surface area contributed by atoms with E-state index in [1.807, 2.05) is 47.4 Å². The van der Waals surface area contributed by atoms with Crippen molar-refractivity contribution in [2.45, 2.75) is 0 Å². The fourth-order valence-corrected chi connectivity index (χ4v) is 2.45. The molecule has 0 amide bonds. The first kappa shape index (κ1) is 16.1. The third-order valence-corrected chi connectivity index (χ3v) is 3.56. The average Bonchev–Trinajstić information content (AvgIpc) is 2.55. The second-order valence-corrected chi connectivity index (χ2v) is 5.04. The zero-order valence-corrected chi connectivity index (χ0v) is 12.6. The Hall–Kier alpha value is -2.30. The van der Waals surface area contributed by atoms with Crippen LogP contribution in [0.1, 0.15) is 5.56 Å². The van der Waals surface area contributed by atoms with E-state index in [9.17, 15) is 10.2 Å². The summed E-state index contributed by atoms with van der Waals surface area (Å²) in [4.78, 5) is 1.95. The van der Waals surface area contributed by atoms with Crippen molar-refractivity contribution in [2.24, 2.45) is 0 Å². The van der Waals surface area contributed by atoms with Crippen LogP contribution in [0.15, 0.2) is 49.0 Å². The van der Waals surface area contributed by atoms with E-state index in [2.05, 4.69) is 6.58 Å². The van der Waals surface area contributed by atoms with Crippen LogP contribution in [0.25, 0.3) is 17.2 Å². The summed E-state index contributed by atoms with van der Waals surface area (Å²) in [6.45, 7) is 4.73. The molecule has 4 N–H and O–H groups in total. The molecule has 4 nitrogen and oxygen atoms in total. The fourth-order valence-electron chi connectivity index (χ4n) is 2.45. The highest BCUT2D eigenvalue weighted by Crippen LogP contribution is 2.33. The molecule has 0 aliphatic rings. The molecule has 0 saturated heterocycles. The monoisotopic (exact) mass is 298 g/mol. The van der Waals surface area contributed by atoms with Crippen LogP contribution in [0.4, 0.5) is 11.4 Å². The predicted molar refractivity (Wildman–Crippen MR) is 92.8 cm³/mol. The van der Waals surface area contributed by atoms with Crippen molar-refractivity contribution in [2.75, 3.05) is 36.9 Å². The fraction of sp³-hybridized carbons (Fsp3) is 0.222. The van der Waals surface area contributed by atoms with Gasteiger partial charge in [0.1, 0.15) is 0 Å². The van der Waals surface area contributed by atoms with Crippen molar-refractivity contribution in [1.29, 1.82) is 0 Å². The number of benzene rings is 2. The summed E-state index contributed by atoms with van der Waals surface area (Å²) in [7, 11) is 0. The zero-order valence-electron chi connectivity index (χ0n) is 12.6. The Labute approximate surface area is 131 Å². The Morgan fingerprint density at radius 1 is 1.00 bits per heavy atom. The molecule has 22 heavy (non-hydrogen) atoms. The molecule has 0 saturated carbocycles. The average molecular weight is 298 g/mol. The van der Waals surface area contributed by atoms with Crippen LogP contribution >= 0.6 is 0 Å². The zero-order chi connectivity index (χ0) is 15.9. The Bertz CT molecular complexity index is 617. The van der Waals surface area contributed by atoms with E-state index in [0.717, 1.165) is 22.4 Å². The van der Waals surface area contributed by atoms with Gasteiger partial charge in [-0.2, -0.15) is 0 Å². The van der Waals surface area contributed by atoms with E-state index < -0.39 is 0 Å². The first-order valence-electron chi connectivity index (χ1n) is 7.28. The molecule has 0 aromatic heterocycles. The summed E-state index contributed by atoms with van der Waals surface area (Å²) in [5.74, 6) is 0. The molecule has 2 aromatic carbocycles. The van der Waals surface area contributed by atoms with Crippen molar-refractivity contribution in [1.82, 2.24) is 0 Å². The summed E-state index contributed by atoms with van der Waals surface area (Å²) >= 11 is 0. The maximum atomic E-state index is 9.25. The molecule has 0 radical (unpaired) electrons. The number of hydrogen-bond acceptors (Lipinski definition) is 4. The standard InChI is InChI=1S/C18H22N2O2/c1-2-14-3-5-15(6-4-14)17-13-16(19)7-8-18(17)20(9-11-21)10-12-22/h2-8,13,21-22H,1,9-12,19H2. The second-order valence-electron chi connectivity index (χ2n) is 5.04. The summed E-state index contributed by atoms with van der Waals surface area (Å²) in [5.41, 5.74) is 10.6. The van der Waals surface area contributed by atoms with Gasteiger partial charge in [-0.15, -0.1) is 0 Å². The first-order chi connectivity index (χ1) is 10.7. The lowest BCUT2D eigenvalue weighted by Crippen LogP contribution is -2.30. The highest BCUT2D eigenvalue weighted by Gasteiger charge is 2.12. The smallest absolute Gasteiger partial charge is 0.0606 e. The summed E-state index contributed by atoms with van der Waals surface area (Å²) < 4.78 is 0. The van der Waals surface area contributed by atoms with E-state index in [0.29, 0.717) is 18.8 Å². The quantitative estimate of drug-likeness (QED) is 0.686. The molecular formula is C18H22N2O2. The molecule has 0 heterocycles. The van der Waals surface area contributed by atoms with Crippen molar-refractivity contribution >= 4 is 17.5 Å².